The van der Waals surface area contributed by atoms with Crippen molar-refractivity contribution in [2.24, 2.45) is 5.92 Å². The minimum Gasteiger partial charge on any atom is -0.492 e. The Morgan fingerprint density at radius 2 is 2.20 bits per heavy atom. The van der Waals surface area contributed by atoms with Gasteiger partial charge in [0.15, 0.2) is 5.82 Å². The van der Waals surface area contributed by atoms with Gasteiger partial charge < -0.3 is 10.1 Å². The van der Waals surface area contributed by atoms with Crippen LogP contribution in [0.2, 0.25) is 5.15 Å². The average Bonchev–Trinajstić information content (AvgIpc) is 2.47. The van der Waals surface area contributed by atoms with Crippen LogP contribution in [0.5, 0.6) is 5.75 Å². The minimum atomic E-state index is -0.245. The highest BCUT2D eigenvalue weighted by Gasteiger charge is 2.26. The van der Waals surface area contributed by atoms with Gasteiger partial charge in [0.1, 0.15) is 17.5 Å². The van der Waals surface area contributed by atoms with E-state index in [0.29, 0.717) is 18.8 Å². The molecule has 2 heterocycles. The van der Waals surface area contributed by atoms with Crippen molar-refractivity contribution >= 4 is 23.3 Å². The Hall–Kier alpha value is -2.14. The lowest BCUT2D eigenvalue weighted by Crippen LogP contribution is -2.32. The number of hydrogen-bond donors (Lipinski definition) is 1. The Kier molecular flexibility index (Phi) is 3.52. The summed E-state index contributed by atoms with van der Waals surface area (Å²) < 4.78 is 5.60. The molecule has 1 aromatic carbocycles. The summed E-state index contributed by atoms with van der Waals surface area (Å²) in [6.07, 6.45) is 3.52. The Balaban J connectivity index is 1.70. The topological polar surface area (TPSA) is 64.1 Å². The molecule has 0 saturated heterocycles. The summed E-state index contributed by atoms with van der Waals surface area (Å²) in [5.74, 6) is 0.808. The first kappa shape index (κ1) is 12.9. The highest BCUT2D eigenvalue weighted by molar-refractivity contribution is 6.29. The molecule has 1 aliphatic heterocycles. The third kappa shape index (κ3) is 2.72. The number of halogens is 1. The van der Waals surface area contributed by atoms with Crippen LogP contribution in [0, 0.1) is 5.92 Å². The molecule has 0 aliphatic carbocycles. The molecule has 20 heavy (non-hydrogen) atoms. The number of benzene rings is 1. The quantitative estimate of drug-likeness (QED) is 0.921. The summed E-state index contributed by atoms with van der Waals surface area (Å²) in [6, 6.07) is 7.73. The Morgan fingerprint density at radius 1 is 1.35 bits per heavy atom. The van der Waals surface area contributed by atoms with Crippen molar-refractivity contribution in [1.82, 2.24) is 9.97 Å². The SMILES string of the molecule is O=C(Nc1cncc(Cl)n1)C1COc2ccccc2C1. The van der Waals surface area contributed by atoms with Gasteiger partial charge in [-0.2, -0.15) is 0 Å². The van der Waals surface area contributed by atoms with Gasteiger partial charge in [0.2, 0.25) is 5.91 Å². The van der Waals surface area contributed by atoms with Crippen molar-refractivity contribution in [2.75, 3.05) is 11.9 Å². The first-order valence-electron chi connectivity index (χ1n) is 6.21. The Morgan fingerprint density at radius 3 is 3.05 bits per heavy atom. The van der Waals surface area contributed by atoms with E-state index in [1.807, 2.05) is 24.3 Å². The van der Waals surface area contributed by atoms with Gasteiger partial charge in [-0.05, 0) is 18.1 Å². The summed E-state index contributed by atoms with van der Waals surface area (Å²) in [7, 11) is 0. The van der Waals surface area contributed by atoms with Crippen LogP contribution in [-0.2, 0) is 11.2 Å². The molecule has 0 radical (unpaired) electrons. The average molecular weight is 290 g/mol. The van der Waals surface area contributed by atoms with Gasteiger partial charge in [-0.25, -0.2) is 4.98 Å². The normalized spacial score (nSPS) is 16.9. The predicted octanol–water partition coefficient (Wildman–Crippen LogP) is 2.32. The lowest BCUT2D eigenvalue weighted by Gasteiger charge is -2.24. The van der Waals surface area contributed by atoms with Crippen LogP contribution >= 0.6 is 11.6 Å². The molecule has 1 unspecified atom stereocenters. The maximum absolute atomic E-state index is 12.2. The van der Waals surface area contributed by atoms with Gasteiger partial charge in [-0.3, -0.25) is 9.78 Å². The molecular formula is C14H12ClN3O2. The van der Waals surface area contributed by atoms with Gasteiger partial charge in [0, 0.05) is 0 Å². The van der Waals surface area contributed by atoms with Crippen molar-refractivity contribution in [2.45, 2.75) is 6.42 Å². The molecular weight excluding hydrogens is 278 g/mol. The second-order valence-corrected chi connectivity index (χ2v) is 4.92. The molecule has 0 bridgehead atoms. The van der Waals surface area contributed by atoms with E-state index in [2.05, 4.69) is 15.3 Å². The van der Waals surface area contributed by atoms with Crippen molar-refractivity contribution in [3.63, 3.8) is 0 Å². The zero-order chi connectivity index (χ0) is 13.9. The fourth-order valence-electron chi connectivity index (χ4n) is 2.13. The van der Waals surface area contributed by atoms with E-state index < -0.39 is 0 Å². The second-order valence-electron chi connectivity index (χ2n) is 4.54. The van der Waals surface area contributed by atoms with Crippen molar-refractivity contribution < 1.29 is 9.53 Å². The first-order chi connectivity index (χ1) is 9.72. The van der Waals surface area contributed by atoms with Crippen LogP contribution in [0.1, 0.15) is 5.56 Å². The molecule has 1 N–H and O–H groups in total. The summed E-state index contributed by atoms with van der Waals surface area (Å²) >= 11 is 5.73. The molecule has 3 rings (SSSR count). The number of carbonyl (C=O) groups is 1. The first-order valence-corrected chi connectivity index (χ1v) is 6.59. The fourth-order valence-corrected chi connectivity index (χ4v) is 2.27. The van der Waals surface area contributed by atoms with Gasteiger partial charge in [0.05, 0.1) is 18.3 Å². The summed E-state index contributed by atoms with van der Waals surface area (Å²) in [6.45, 7) is 0.358. The van der Waals surface area contributed by atoms with Gasteiger partial charge in [-0.15, -0.1) is 0 Å². The monoisotopic (exact) mass is 289 g/mol. The Labute approximate surface area is 121 Å². The van der Waals surface area contributed by atoms with Crippen LogP contribution in [-0.4, -0.2) is 22.5 Å². The molecule has 0 fully saturated rings. The highest BCUT2D eigenvalue weighted by atomic mass is 35.5. The maximum Gasteiger partial charge on any atom is 0.232 e. The molecule has 1 amide bonds. The lowest BCUT2D eigenvalue weighted by molar-refractivity contribution is -0.121. The van der Waals surface area contributed by atoms with Crippen LogP contribution in [0.25, 0.3) is 0 Å². The number of nitrogens with zero attached hydrogens (tertiary/aromatic N) is 2. The van der Waals surface area contributed by atoms with E-state index in [9.17, 15) is 4.79 Å². The summed E-state index contributed by atoms with van der Waals surface area (Å²) in [5, 5.41) is 2.95. The number of carbonyl (C=O) groups excluding carboxylic acids is 1. The third-order valence-electron chi connectivity index (χ3n) is 3.11. The van der Waals surface area contributed by atoms with Crippen LogP contribution in [0.15, 0.2) is 36.7 Å². The van der Waals surface area contributed by atoms with Gasteiger partial charge in [0.25, 0.3) is 0 Å². The highest BCUT2D eigenvalue weighted by Crippen LogP contribution is 2.27. The number of hydrogen-bond acceptors (Lipinski definition) is 4. The number of anilines is 1. The molecule has 0 spiro atoms. The summed E-state index contributed by atoms with van der Waals surface area (Å²) in [4.78, 5) is 20.0. The molecule has 6 heteroatoms. The molecule has 5 nitrogen and oxygen atoms in total. The van der Waals surface area contributed by atoms with Crippen LogP contribution < -0.4 is 10.1 Å². The molecule has 2 aromatic rings. The van der Waals surface area contributed by atoms with E-state index in [-0.39, 0.29) is 17.0 Å². The molecule has 0 saturated carbocycles. The third-order valence-corrected chi connectivity index (χ3v) is 3.29. The largest absolute Gasteiger partial charge is 0.492 e. The minimum absolute atomic E-state index is 0.143. The standard InChI is InChI=1S/C14H12ClN3O2/c15-12-6-16-7-13(17-12)18-14(19)10-5-9-3-1-2-4-11(9)20-8-10/h1-4,6-7,10H,5,8H2,(H,17,18,19). The number of aromatic nitrogens is 2. The molecule has 1 aliphatic rings. The molecule has 1 aromatic heterocycles. The second kappa shape index (κ2) is 5.46. The lowest BCUT2D eigenvalue weighted by atomic mass is 9.96. The van der Waals surface area contributed by atoms with E-state index in [1.54, 1.807) is 0 Å². The van der Waals surface area contributed by atoms with Gasteiger partial charge in [-0.1, -0.05) is 29.8 Å². The van der Waals surface area contributed by atoms with Crippen LogP contribution in [0.4, 0.5) is 5.82 Å². The number of ether oxygens (including phenoxy) is 1. The van der Waals surface area contributed by atoms with Crippen molar-refractivity contribution in [3.05, 3.63) is 47.4 Å². The van der Waals surface area contributed by atoms with E-state index in [1.165, 1.54) is 12.4 Å². The number of fused-ring (bicyclic) bond motifs is 1. The Bertz CT molecular complexity index is 648. The fraction of sp³-hybridized carbons (Fsp3) is 0.214. The zero-order valence-electron chi connectivity index (χ0n) is 10.5. The zero-order valence-corrected chi connectivity index (χ0v) is 11.3. The van der Waals surface area contributed by atoms with Gasteiger partial charge >= 0.3 is 0 Å². The number of para-hydroxylation sites is 1. The van der Waals surface area contributed by atoms with Crippen LogP contribution in [0.3, 0.4) is 0 Å². The van der Waals surface area contributed by atoms with Crippen molar-refractivity contribution in [3.8, 4) is 5.75 Å². The number of nitrogens with one attached hydrogen (secondary N) is 1. The predicted molar refractivity (Wildman–Crippen MR) is 74.8 cm³/mol. The van der Waals surface area contributed by atoms with E-state index >= 15 is 0 Å². The summed E-state index contributed by atoms with van der Waals surface area (Å²) in [5.41, 5.74) is 1.04. The molecule has 102 valence electrons. The van der Waals surface area contributed by atoms with Crippen molar-refractivity contribution in [1.29, 1.82) is 0 Å². The maximum atomic E-state index is 12.2. The van der Waals surface area contributed by atoms with E-state index in [4.69, 9.17) is 16.3 Å². The number of amides is 1. The number of rotatable bonds is 2. The smallest absolute Gasteiger partial charge is 0.232 e. The van der Waals surface area contributed by atoms with E-state index in [0.717, 1.165) is 11.3 Å². The molecule has 1 atom stereocenters.